The summed E-state index contributed by atoms with van der Waals surface area (Å²) in [5.74, 6) is 0.132. The highest BCUT2D eigenvalue weighted by molar-refractivity contribution is 5.94. The third kappa shape index (κ3) is 3.05. The van der Waals surface area contributed by atoms with E-state index >= 15 is 0 Å². The van der Waals surface area contributed by atoms with Gasteiger partial charge in [0, 0.05) is 56.7 Å². The highest BCUT2D eigenvalue weighted by atomic mass is 16.5. The topological polar surface area (TPSA) is 64.7 Å². The summed E-state index contributed by atoms with van der Waals surface area (Å²) < 4.78 is 5.74. The summed E-state index contributed by atoms with van der Waals surface area (Å²) in [6.45, 7) is 6.81. The summed E-state index contributed by atoms with van der Waals surface area (Å²) in [5, 5.41) is 0. The quantitative estimate of drug-likeness (QED) is 0.870. The minimum absolute atomic E-state index is 0.0388. The van der Waals surface area contributed by atoms with Crippen molar-refractivity contribution in [3.63, 3.8) is 0 Å². The molecule has 0 aliphatic carbocycles. The summed E-state index contributed by atoms with van der Waals surface area (Å²) in [5.41, 5.74) is 1.94. The van der Waals surface area contributed by atoms with Crippen LogP contribution in [0.25, 0.3) is 0 Å². The van der Waals surface area contributed by atoms with Crippen molar-refractivity contribution in [2.75, 3.05) is 45.9 Å². The number of nitrogens with zero attached hydrogens (tertiary/aromatic N) is 4. The monoisotopic (exact) mass is 367 g/mol. The van der Waals surface area contributed by atoms with Gasteiger partial charge >= 0.3 is 0 Å². The van der Waals surface area contributed by atoms with Gasteiger partial charge in [0.15, 0.2) is 0 Å². The van der Waals surface area contributed by atoms with Crippen LogP contribution in [0, 0.1) is 0 Å². The number of aromatic amines is 1. The van der Waals surface area contributed by atoms with Gasteiger partial charge in [0.05, 0.1) is 31.1 Å². The van der Waals surface area contributed by atoms with E-state index in [9.17, 15) is 4.79 Å². The molecule has 1 N–H and O–H groups in total. The number of rotatable bonds is 3. The molecule has 27 heavy (non-hydrogen) atoms. The van der Waals surface area contributed by atoms with E-state index in [1.54, 1.807) is 6.33 Å². The molecule has 0 radical (unpaired) electrons. The highest BCUT2D eigenvalue weighted by Gasteiger charge is 2.54. The van der Waals surface area contributed by atoms with Gasteiger partial charge in [-0.2, -0.15) is 0 Å². The molecule has 1 aromatic carbocycles. The molecule has 7 nitrogen and oxygen atoms in total. The first kappa shape index (κ1) is 16.9. The molecule has 0 bridgehead atoms. The normalized spacial score (nSPS) is 25.2. The minimum atomic E-state index is 0.0388. The van der Waals surface area contributed by atoms with Crippen LogP contribution in [0.4, 0.5) is 0 Å². The predicted octanol–water partition coefficient (Wildman–Crippen LogP) is 0.821. The Balaban J connectivity index is 1.34. The van der Waals surface area contributed by atoms with E-state index < -0.39 is 0 Å². The van der Waals surface area contributed by atoms with Gasteiger partial charge in [-0.05, 0) is 12.1 Å². The van der Waals surface area contributed by atoms with Crippen molar-refractivity contribution < 1.29 is 9.53 Å². The minimum Gasteiger partial charge on any atom is -0.378 e. The SMILES string of the molecule is O=C(c1ccccc1)N1CC2COCCN2C2(CN(Cc3cnc[nH]3)C2)C1. The van der Waals surface area contributed by atoms with E-state index in [1.807, 2.05) is 41.4 Å². The molecule has 3 aliphatic rings. The Bertz CT molecular complexity index is 788. The van der Waals surface area contributed by atoms with Gasteiger partial charge in [0.25, 0.3) is 5.91 Å². The van der Waals surface area contributed by atoms with Gasteiger partial charge in [-0.15, -0.1) is 0 Å². The molecule has 5 rings (SSSR count). The van der Waals surface area contributed by atoms with E-state index in [-0.39, 0.29) is 17.5 Å². The smallest absolute Gasteiger partial charge is 0.253 e. The summed E-state index contributed by atoms with van der Waals surface area (Å²) >= 11 is 0. The first-order valence-corrected chi connectivity index (χ1v) is 9.62. The molecule has 1 unspecified atom stereocenters. The second-order valence-corrected chi connectivity index (χ2v) is 7.92. The second-order valence-electron chi connectivity index (χ2n) is 7.92. The summed E-state index contributed by atoms with van der Waals surface area (Å²) in [6.07, 6.45) is 3.61. The zero-order valence-corrected chi connectivity index (χ0v) is 15.4. The molecule has 3 aliphatic heterocycles. The van der Waals surface area contributed by atoms with Crippen LogP contribution in [0.15, 0.2) is 42.9 Å². The van der Waals surface area contributed by atoms with Crippen molar-refractivity contribution in [3.8, 4) is 0 Å². The average molecular weight is 367 g/mol. The number of ether oxygens (including phenoxy) is 1. The lowest BCUT2D eigenvalue weighted by molar-refractivity contribution is -0.160. The Kier molecular flexibility index (Phi) is 4.22. The fraction of sp³-hybridized carbons (Fsp3) is 0.500. The van der Waals surface area contributed by atoms with Crippen molar-refractivity contribution in [3.05, 3.63) is 54.1 Å². The predicted molar refractivity (Wildman–Crippen MR) is 100 cm³/mol. The van der Waals surface area contributed by atoms with Crippen molar-refractivity contribution >= 4 is 5.91 Å². The maximum atomic E-state index is 13.1. The first-order chi connectivity index (χ1) is 13.2. The number of carbonyl (C=O) groups excluding carboxylic acids is 1. The number of nitrogens with one attached hydrogen (secondary N) is 1. The molecular weight excluding hydrogens is 342 g/mol. The van der Waals surface area contributed by atoms with Gasteiger partial charge in [-0.1, -0.05) is 18.2 Å². The van der Waals surface area contributed by atoms with Crippen LogP contribution in [0.5, 0.6) is 0 Å². The number of imidazole rings is 1. The Morgan fingerprint density at radius 3 is 2.89 bits per heavy atom. The molecule has 1 aromatic heterocycles. The lowest BCUT2D eigenvalue weighted by Gasteiger charge is -2.63. The van der Waals surface area contributed by atoms with Crippen LogP contribution in [-0.4, -0.2) is 88.1 Å². The van der Waals surface area contributed by atoms with Gasteiger partial charge < -0.3 is 14.6 Å². The van der Waals surface area contributed by atoms with Crippen molar-refractivity contribution in [2.24, 2.45) is 0 Å². The standard InChI is InChI=1S/C20H25N5O2/c26-19(16-4-2-1-3-5-16)24-10-18-11-27-7-6-25(18)20(14-24)12-23(13-20)9-17-8-21-15-22-17/h1-5,8,15,18H,6-7,9-14H2,(H,21,22). The van der Waals surface area contributed by atoms with E-state index in [4.69, 9.17) is 4.74 Å². The molecule has 4 heterocycles. The van der Waals surface area contributed by atoms with Crippen LogP contribution < -0.4 is 0 Å². The Morgan fingerprint density at radius 1 is 1.26 bits per heavy atom. The largest absolute Gasteiger partial charge is 0.378 e. The summed E-state index contributed by atoms with van der Waals surface area (Å²) in [7, 11) is 0. The number of amides is 1. The van der Waals surface area contributed by atoms with Gasteiger partial charge in [-0.25, -0.2) is 4.98 Å². The molecule has 1 atom stereocenters. The van der Waals surface area contributed by atoms with Gasteiger partial charge in [0.1, 0.15) is 0 Å². The average Bonchev–Trinajstić information content (AvgIpc) is 3.20. The zero-order chi connectivity index (χ0) is 18.3. The molecule has 142 valence electrons. The number of piperazine rings is 1. The zero-order valence-electron chi connectivity index (χ0n) is 15.4. The molecule has 3 saturated heterocycles. The van der Waals surface area contributed by atoms with Crippen molar-refractivity contribution in [1.29, 1.82) is 0 Å². The number of morpholine rings is 1. The Labute approximate surface area is 158 Å². The molecule has 3 fully saturated rings. The molecular formula is C20H25N5O2. The van der Waals surface area contributed by atoms with E-state index in [0.717, 1.165) is 57.1 Å². The van der Waals surface area contributed by atoms with Crippen LogP contribution in [0.1, 0.15) is 16.1 Å². The van der Waals surface area contributed by atoms with Crippen LogP contribution in [0.3, 0.4) is 0 Å². The number of carbonyl (C=O) groups is 1. The fourth-order valence-corrected chi connectivity index (χ4v) is 4.91. The fourth-order valence-electron chi connectivity index (χ4n) is 4.91. The third-order valence-corrected chi connectivity index (χ3v) is 6.05. The van der Waals surface area contributed by atoms with Crippen molar-refractivity contribution in [2.45, 2.75) is 18.1 Å². The Hall–Kier alpha value is -2.22. The second kappa shape index (κ2) is 6.74. The van der Waals surface area contributed by atoms with Crippen LogP contribution >= 0.6 is 0 Å². The molecule has 7 heteroatoms. The number of likely N-dealkylation sites (tertiary alicyclic amines) is 1. The van der Waals surface area contributed by atoms with Crippen LogP contribution in [0.2, 0.25) is 0 Å². The number of hydrogen-bond donors (Lipinski definition) is 1. The Morgan fingerprint density at radius 2 is 2.11 bits per heavy atom. The number of benzene rings is 1. The number of fused-ring (bicyclic) bond motifs is 2. The molecule has 1 spiro atoms. The lowest BCUT2D eigenvalue weighted by atomic mass is 9.82. The molecule has 2 aromatic rings. The van der Waals surface area contributed by atoms with E-state index in [2.05, 4.69) is 19.8 Å². The third-order valence-electron chi connectivity index (χ3n) is 6.05. The maximum absolute atomic E-state index is 13.1. The van der Waals surface area contributed by atoms with Crippen LogP contribution in [-0.2, 0) is 11.3 Å². The van der Waals surface area contributed by atoms with E-state index in [0.29, 0.717) is 6.61 Å². The van der Waals surface area contributed by atoms with Gasteiger partial charge in [-0.3, -0.25) is 14.6 Å². The molecule has 1 amide bonds. The number of H-pyrrole nitrogens is 1. The lowest BCUT2D eigenvalue weighted by Crippen LogP contribution is -2.80. The van der Waals surface area contributed by atoms with Crippen molar-refractivity contribution in [1.82, 2.24) is 24.7 Å². The number of hydrogen-bond acceptors (Lipinski definition) is 5. The highest BCUT2D eigenvalue weighted by Crippen LogP contribution is 2.36. The maximum Gasteiger partial charge on any atom is 0.253 e. The molecule has 0 saturated carbocycles. The van der Waals surface area contributed by atoms with E-state index in [1.165, 1.54) is 0 Å². The first-order valence-electron chi connectivity index (χ1n) is 9.62. The summed E-state index contributed by atoms with van der Waals surface area (Å²) in [6, 6.07) is 9.91. The van der Waals surface area contributed by atoms with Gasteiger partial charge in [0.2, 0.25) is 0 Å². The number of aromatic nitrogens is 2. The summed E-state index contributed by atoms with van der Waals surface area (Å²) in [4.78, 5) is 27.4.